The Morgan fingerprint density at radius 3 is 2.39 bits per heavy atom. The van der Waals surface area contributed by atoms with E-state index in [1.54, 1.807) is 7.11 Å². The molecule has 0 saturated heterocycles. The lowest BCUT2D eigenvalue weighted by molar-refractivity contribution is 0.168. The average Bonchev–Trinajstić information content (AvgIpc) is 2.40. The van der Waals surface area contributed by atoms with E-state index < -0.39 is 5.54 Å². The SMILES string of the molecule is CCN(CC)C(C)(C#N)Cc1ccccc1OC. The zero-order chi connectivity index (χ0) is 13.6. The van der Waals surface area contributed by atoms with Crippen molar-refractivity contribution in [2.75, 3.05) is 20.2 Å². The highest BCUT2D eigenvalue weighted by atomic mass is 16.5. The van der Waals surface area contributed by atoms with Crippen LogP contribution in [0.4, 0.5) is 0 Å². The summed E-state index contributed by atoms with van der Waals surface area (Å²) < 4.78 is 5.35. The van der Waals surface area contributed by atoms with E-state index >= 15 is 0 Å². The molecule has 3 nitrogen and oxygen atoms in total. The van der Waals surface area contributed by atoms with Gasteiger partial charge in [-0.3, -0.25) is 4.90 Å². The maximum absolute atomic E-state index is 9.51. The number of methoxy groups -OCH3 is 1. The highest BCUT2D eigenvalue weighted by molar-refractivity contribution is 5.35. The van der Waals surface area contributed by atoms with Gasteiger partial charge in [0.2, 0.25) is 0 Å². The molecule has 0 aliphatic rings. The van der Waals surface area contributed by atoms with Gasteiger partial charge in [0.05, 0.1) is 13.2 Å². The first kappa shape index (κ1) is 14.5. The fourth-order valence-electron chi connectivity index (χ4n) is 2.36. The molecule has 0 fully saturated rings. The van der Waals surface area contributed by atoms with E-state index in [4.69, 9.17) is 4.74 Å². The van der Waals surface area contributed by atoms with Crippen LogP contribution in [0.1, 0.15) is 26.3 Å². The van der Waals surface area contributed by atoms with Crippen LogP contribution < -0.4 is 4.74 Å². The van der Waals surface area contributed by atoms with E-state index in [0.717, 1.165) is 24.4 Å². The van der Waals surface area contributed by atoms with E-state index in [-0.39, 0.29) is 0 Å². The molecule has 0 spiro atoms. The number of hydrogen-bond acceptors (Lipinski definition) is 3. The number of nitrogens with zero attached hydrogens (tertiary/aromatic N) is 2. The minimum atomic E-state index is -0.488. The Bertz CT molecular complexity index is 421. The molecule has 0 aromatic heterocycles. The minimum Gasteiger partial charge on any atom is -0.496 e. The molecule has 0 saturated carbocycles. The van der Waals surface area contributed by atoms with Crippen molar-refractivity contribution in [2.24, 2.45) is 0 Å². The highest BCUT2D eigenvalue weighted by Gasteiger charge is 2.31. The van der Waals surface area contributed by atoms with E-state index in [1.165, 1.54) is 0 Å². The van der Waals surface area contributed by atoms with Crippen LogP contribution in [0.5, 0.6) is 5.75 Å². The summed E-state index contributed by atoms with van der Waals surface area (Å²) in [6.45, 7) is 7.90. The van der Waals surface area contributed by atoms with Gasteiger partial charge in [0.25, 0.3) is 0 Å². The van der Waals surface area contributed by atoms with Crippen molar-refractivity contribution in [3.63, 3.8) is 0 Å². The van der Waals surface area contributed by atoms with Gasteiger partial charge in [-0.1, -0.05) is 32.0 Å². The normalized spacial score (nSPS) is 14.0. The van der Waals surface area contributed by atoms with Crippen molar-refractivity contribution in [3.8, 4) is 11.8 Å². The molecule has 1 atom stereocenters. The second-order valence-electron chi connectivity index (χ2n) is 4.55. The fourth-order valence-corrected chi connectivity index (χ4v) is 2.36. The molecule has 0 aliphatic carbocycles. The molecule has 0 amide bonds. The van der Waals surface area contributed by atoms with Crippen LogP contribution in [0.2, 0.25) is 0 Å². The third-order valence-electron chi connectivity index (χ3n) is 3.43. The van der Waals surface area contributed by atoms with Crippen LogP contribution in [0.15, 0.2) is 24.3 Å². The topological polar surface area (TPSA) is 36.3 Å². The van der Waals surface area contributed by atoms with Crippen molar-refractivity contribution in [1.82, 2.24) is 4.90 Å². The predicted molar refractivity (Wildman–Crippen MR) is 73.6 cm³/mol. The smallest absolute Gasteiger partial charge is 0.122 e. The summed E-state index contributed by atoms with van der Waals surface area (Å²) in [4.78, 5) is 2.18. The maximum atomic E-state index is 9.51. The summed E-state index contributed by atoms with van der Waals surface area (Å²) >= 11 is 0. The van der Waals surface area contributed by atoms with Gasteiger partial charge in [-0.15, -0.1) is 0 Å². The molecule has 0 bridgehead atoms. The molecule has 1 rings (SSSR count). The van der Waals surface area contributed by atoms with Crippen LogP contribution in [0.3, 0.4) is 0 Å². The molecule has 3 heteroatoms. The Hall–Kier alpha value is -1.53. The molecule has 0 aliphatic heterocycles. The van der Waals surface area contributed by atoms with Crippen LogP contribution in [0.25, 0.3) is 0 Å². The number of para-hydroxylation sites is 1. The van der Waals surface area contributed by atoms with E-state index in [9.17, 15) is 5.26 Å². The van der Waals surface area contributed by atoms with Gasteiger partial charge in [0, 0.05) is 6.42 Å². The number of hydrogen-bond donors (Lipinski definition) is 0. The van der Waals surface area contributed by atoms with Gasteiger partial charge >= 0.3 is 0 Å². The van der Waals surface area contributed by atoms with Crippen LogP contribution >= 0.6 is 0 Å². The van der Waals surface area contributed by atoms with Crippen molar-refractivity contribution in [1.29, 1.82) is 5.26 Å². The lowest BCUT2D eigenvalue weighted by atomic mass is 9.91. The van der Waals surface area contributed by atoms with Gasteiger partial charge in [-0.2, -0.15) is 5.26 Å². The monoisotopic (exact) mass is 246 g/mol. The molecule has 98 valence electrons. The van der Waals surface area contributed by atoms with Crippen molar-refractivity contribution < 1.29 is 4.74 Å². The summed E-state index contributed by atoms with van der Waals surface area (Å²) in [6.07, 6.45) is 0.676. The molecule has 1 unspecified atom stereocenters. The Morgan fingerprint density at radius 2 is 1.89 bits per heavy atom. The van der Waals surface area contributed by atoms with Crippen LogP contribution in [-0.2, 0) is 6.42 Å². The minimum absolute atomic E-state index is 0.488. The van der Waals surface area contributed by atoms with E-state index in [2.05, 4.69) is 24.8 Å². The van der Waals surface area contributed by atoms with Crippen LogP contribution in [0, 0.1) is 11.3 Å². The Balaban J connectivity index is 3.02. The van der Waals surface area contributed by atoms with Crippen LogP contribution in [-0.4, -0.2) is 30.6 Å². The Morgan fingerprint density at radius 1 is 1.28 bits per heavy atom. The third-order valence-corrected chi connectivity index (χ3v) is 3.43. The van der Waals surface area contributed by atoms with Gasteiger partial charge in [-0.05, 0) is 31.6 Å². The average molecular weight is 246 g/mol. The summed E-state index contributed by atoms with van der Waals surface area (Å²) in [7, 11) is 1.67. The molecule has 1 aromatic carbocycles. The third kappa shape index (κ3) is 3.02. The predicted octanol–water partition coefficient (Wildman–Crippen LogP) is 2.86. The second kappa shape index (κ2) is 6.42. The van der Waals surface area contributed by atoms with Crippen molar-refractivity contribution in [3.05, 3.63) is 29.8 Å². The molecule has 1 aromatic rings. The first-order valence-electron chi connectivity index (χ1n) is 6.39. The fraction of sp³-hybridized carbons (Fsp3) is 0.533. The molecule has 0 heterocycles. The highest BCUT2D eigenvalue weighted by Crippen LogP contribution is 2.26. The number of ether oxygens (including phenoxy) is 1. The molecular weight excluding hydrogens is 224 g/mol. The quantitative estimate of drug-likeness (QED) is 0.774. The number of benzene rings is 1. The Labute approximate surface area is 110 Å². The Kier molecular flexibility index (Phi) is 5.18. The summed E-state index contributed by atoms with van der Waals surface area (Å²) in [6, 6.07) is 10.3. The van der Waals surface area contributed by atoms with Gasteiger partial charge < -0.3 is 4.74 Å². The molecule has 0 N–H and O–H groups in total. The number of nitriles is 1. The van der Waals surface area contributed by atoms with Gasteiger partial charge in [-0.25, -0.2) is 0 Å². The summed E-state index contributed by atoms with van der Waals surface area (Å²) in [5.74, 6) is 0.853. The first-order valence-corrected chi connectivity index (χ1v) is 6.39. The number of rotatable bonds is 6. The van der Waals surface area contributed by atoms with Crippen molar-refractivity contribution in [2.45, 2.75) is 32.7 Å². The second-order valence-corrected chi connectivity index (χ2v) is 4.55. The van der Waals surface area contributed by atoms with Gasteiger partial charge in [0.1, 0.15) is 11.3 Å². The molecule has 0 radical (unpaired) electrons. The largest absolute Gasteiger partial charge is 0.496 e. The van der Waals surface area contributed by atoms with Crippen molar-refractivity contribution >= 4 is 0 Å². The zero-order valence-corrected chi connectivity index (χ0v) is 11.7. The lowest BCUT2D eigenvalue weighted by Gasteiger charge is -2.34. The zero-order valence-electron chi connectivity index (χ0n) is 11.7. The standard InChI is InChI=1S/C15H22N2O/c1-5-17(6-2)15(3,12-16)11-13-9-7-8-10-14(13)18-4/h7-10H,5-6,11H2,1-4H3. The van der Waals surface area contributed by atoms with E-state index in [1.807, 2.05) is 31.2 Å². The molecular formula is C15H22N2O. The summed E-state index contributed by atoms with van der Waals surface area (Å²) in [5.41, 5.74) is 0.592. The lowest BCUT2D eigenvalue weighted by Crippen LogP contribution is -2.46. The first-order chi connectivity index (χ1) is 8.61. The summed E-state index contributed by atoms with van der Waals surface area (Å²) in [5, 5.41) is 9.51. The van der Waals surface area contributed by atoms with E-state index in [0.29, 0.717) is 6.42 Å². The number of likely N-dealkylation sites (N-methyl/N-ethyl adjacent to an activating group) is 1. The molecule has 18 heavy (non-hydrogen) atoms. The van der Waals surface area contributed by atoms with Gasteiger partial charge in [0.15, 0.2) is 0 Å². The maximum Gasteiger partial charge on any atom is 0.122 e.